The molecule has 2 N–H and O–H groups in total. The molecule has 0 aliphatic carbocycles. The van der Waals surface area contributed by atoms with Crippen LogP contribution in [0.25, 0.3) is 16.9 Å². The summed E-state index contributed by atoms with van der Waals surface area (Å²) in [6, 6.07) is 18.1. The molecule has 0 radical (unpaired) electrons. The summed E-state index contributed by atoms with van der Waals surface area (Å²) in [4.78, 5) is 14.4. The summed E-state index contributed by atoms with van der Waals surface area (Å²) in [6.07, 6.45) is 2.92. The zero-order valence-electron chi connectivity index (χ0n) is 17.2. The van der Waals surface area contributed by atoms with E-state index in [9.17, 15) is 4.39 Å². The average molecular weight is 429 g/mol. The van der Waals surface area contributed by atoms with Gasteiger partial charge in [-0.25, -0.2) is 14.1 Å². The maximum Gasteiger partial charge on any atom is 0.265 e. The molecule has 3 heterocycles. The van der Waals surface area contributed by atoms with Gasteiger partial charge < -0.3 is 10.2 Å². The van der Waals surface area contributed by atoms with Crippen LogP contribution in [0, 0.1) is 5.82 Å². The molecule has 0 saturated heterocycles. The summed E-state index contributed by atoms with van der Waals surface area (Å²) >= 11 is 0. The zero-order chi connectivity index (χ0) is 21.9. The van der Waals surface area contributed by atoms with E-state index in [1.165, 1.54) is 16.3 Å². The smallest absolute Gasteiger partial charge is 0.265 e. The Kier molecular flexibility index (Phi) is 5.40. The Morgan fingerprint density at radius 2 is 1.84 bits per heavy atom. The van der Waals surface area contributed by atoms with Gasteiger partial charge >= 0.3 is 0 Å². The van der Waals surface area contributed by atoms with Crippen molar-refractivity contribution in [3.63, 3.8) is 0 Å². The van der Waals surface area contributed by atoms with Crippen molar-refractivity contribution in [2.45, 2.75) is 12.7 Å². The van der Waals surface area contributed by atoms with Crippen LogP contribution in [0.15, 0.2) is 78.0 Å². The number of para-hydroxylation sites is 1. The SMILES string of the molecule is CNCc1ccc(C2N=C(c3nnn(-c4ccccc4F)c3-c3ccncc3)ON2)cc1. The quantitative estimate of drug-likeness (QED) is 0.489. The van der Waals surface area contributed by atoms with Crippen LogP contribution in [-0.2, 0) is 11.4 Å². The second-order valence-corrected chi connectivity index (χ2v) is 7.21. The molecule has 8 nitrogen and oxygen atoms in total. The molecular formula is C23H20FN7O. The highest BCUT2D eigenvalue weighted by Crippen LogP contribution is 2.29. The maximum absolute atomic E-state index is 14.5. The van der Waals surface area contributed by atoms with Crippen LogP contribution in [0.5, 0.6) is 0 Å². The minimum Gasteiger partial charge on any atom is -0.384 e. The molecule has 9 heteroatoms. The van der Waals surface area contributed by atoms with Crippen molar-refractivity contribution in [1.29, 1.82) is 0 Å². The van der Waals surface area contributed by atoms with Gasteiger partial charge in [0.15, 0.2) is 11.9 Å². The number of aliphatic imine (C=N–C) groups is 1. The second kappa shape index (κ2) is 8.66. The van der Waals surface area contributed by atoms with Crippen LogP contribution >= 0.6 is 0 Å². The summed E-state index contributed by atoms with van der Waals surface area (Å²) in [5, 5.41) is 11.6. The normalized spacial score (nSPS) is 15.4. The molecule has 160 valence electrons. The molecule has 4 aromatic rings. The van der Waals surface area contributed by atoms with E-state index in [1.54, 1.807) is 42.7 Å². The molecule has 1 aliphatic heterocycles. The van der Waals surface area contributed by atoms with Crippen molar-refractivity contribution in [3.8, 4) is 16.9 Å². The lowest BCUT2D eigenvalue weighted by molar-refractivity contribution is 0.180. The van der Waals surface area contributed by atoms with E-state index in [4.69, 9.17) is 4.84 Å². The van der Waals surface area contributed by atoms with Gasteiger partial charge in [-0.15, -0.1) is 10.6 Å². The predicted molar refractivity (Wildman–Crippen MR) is 117 cm³/mol. The Hall–Kier alpha value is -3.95. The highest BCUT2D eigenvalue weighted by molar-refractivity contribution is 5.98. The van der Waals surface area contributed by atoms with E-state index < -0.39 is 12.0 Å². The summed E-state index contributed by atoms with van der Waals surface area (Å²) in [7, 11) is 1.91. The Balaban J connectivity index is 1.55. The molecule has 2 aromatic heterocycles. The predicted octanol–water partition coefficient (Wildman–Crippen LogP) is 3.17. The second-order valence-electron chi connectivity index (χ2n) is 7.21. The third kappa shape index (κ3) is 3.75. The third-order valence-electron chi connectivity index (χ3n) is 5.10. The summed E-state index contributed by atoms with van der Waals surface area (Å²) in [5.41, 5.74) is 7.05. The van der Waals surface area contributed by atoms with E-state index in [1.807, 2.05) is 31.3 Å². The largest absolute Gasteiger partial charge is 0.384 e. The first kappa shape index (κ1) is 20.0. The summed E-state index contributed by atoms with van der Waals surface area (Å²) in [6.45, 7) is 0.790. The molecule has 32 heavy (non-hydrogen) atoms. The van der Waals surface area contributed by atoms with Crippen molar-refractivity contribution in [2.75, 3.05) is 7.05 Å². The number of hydrogen-bond donors (Lipinski definition) is 2. The highest BCUT2D eigenvalue weighted by atomic mass is 19.1. The molecule has 0 spiro atoms. The van der Waals surface area contributed by atoms with Crippen LogP contribution in [-0.4, -0.2) is 32.9 Å². The van der Waals surface area contributed by atoms with Gasteiger partial charge in [-0.1, -0.05) is 41.6 Å². The number of pyridine rings is 1. The number of nitrogens with one attached hydrogen (secondary N) is 2. The molecule has 0 amide bonds. The van der Waals surface area contributed by atoms with Crippen molar-refractivity contribution < 1.29 is 9.23 Å². The number of rotatable bonds is 6. The van der Waals surface area contributed by atoms with Gasteiger partial charge in [-0.3, -0.25) is 4.98 Å². The van der Waals surface area contributed by atoms with Crippen molar-refractivity contribution in [2.24, 2.45) is 4.99 Å². The Morgan fingerprint density at radius 3 is 2.59 bits per heavy atom. The number of halogens is 1. The third-order valence-corrected chi connectivity index (χ3v) is 5.10. The Bertz CT molecular complexity index is 1260. The van der Waals surface area contributed by atoms with E-state index in [0.717, 1.165) is 17.7 Å². The summed E-state index contributed by atoms with van der Waals surface area (Å²) in [5.74, 6) is -0.130. The highest BCUT2D eigenvalue weighted by Gasteiger charge is 2.29. The van der Waals surface area contributed by atoms with Crippen LogP contribution < -0.4 is 10.8 Å². The molecule has 5 rings (SSSR count). The van der Waals surface area contributed by atoms with Gasteiger partial charge in [0, 0.05) is 24.5 Å². The van der Waals surface area contributed by atoms with Gasteiger partial charge in [0.1, 0.15) is 17.2 Å². The monoisotopic (exact) mass is 429 g/mol. The van der Waals surface area contributed by atoms with Gasteiger partial charge in [0.2, 0.25) is 0 Å². The van der Waals surface area contributed by atoms with E-state index >= 15 is 0 Å². The molecule has 2 aromatic carbocycles. The first-order chi connectivity index (χ1) is 15.7. The first-order valence-electron chi connectivity index (χ1n) is 10.1. The average Bonchev–Trinajstić information content (AvgIpc) is 3.48. The fraction of sp³-hybridized carbons (Fsp3) is 0.130. The Morgan fingerprint density at radius 1 is 1.06 bits per heavy atom. The van der Waals surface area contributed by atoms with Crippen LogP contribution in [0.1, 0.15) is 23.0 Å². The lowest BCUT2D eigenvalue weighted by Crippen LogP contribution is -2.15. The van der Waals surface area contributed by atoms with Crippen LogP contribution in [0.3, 0.4) is 0 Å². The zero-order valence-corrected chi connectivity index (χ0v) is 17.2. The van der Waals surface area contributed by atoms with Gasteiger partial charge in [-0.05, 0) is 42.4 Å². The molecule has 0 fully saturated rings. The fourth-order valence-electron chi connectivity index (χ4n) is 3.54. The maximum atomic E-state index is 14.5. The molecule has 1 atom stereocenters. The lowest BCUT2D eigenvalue weighted by atomic mass is 10.1. The Labute approximate surface area is 183 Å². The van der Waals surface area contributed by atoms with E-state index in [2.05, 4.69) is 31.1 Å². The number of hydrogen-bond acceptors (Lipinski definition) is 7. The van der Waals surface area contributed by atoms with E-state index in [0.29, 0.717) is 11.4 Å². The van der Waals surface area contributed by atoms with Crippen molar-refractivity contribution in [1.82, 2.24) is 30.8 Å². The first-order valence-corrected chi connectivity index (χ1v) is 10.1. The van der Waals surface area contributed by atoms with Gasteiger partial charge in [-0.2, -0.15) is 0 Å². The summed E-state index contributed by atoms with van der Waals surface area (Å²) < 4.78 is 16.0. The molecular weight excluding hydrogens is 409 g/mol. The minimum absolute atomic E-state index is 0.279. The number of aromatic nitrogens is 4. The lowest BCUT2D eigenvalue weighted by Gasteiger charge is -2.08. The molecule has 0 saturated carbocycles. The van der Waals surface area contributed by atoms with Crippen LogP contribution in [0.4, 0.5) is 4.39 Å². The standard InChI is InChI=1S/C23H20FN7O/c1-25-14-15-6-8-17(9-7-15)22-27-23(32-29-22)20-21(16-10-12-26-13-11-16)31(30-28-20)19-5-3-2-4-18(19)24/h2-13,22,25,29H,14H2,1H3. The molecule has 1 aliphatic rings. The number of benzene rings is 2. The number of hydroxylamine groups is 1. The fourth-order valence-corrected chi connectivity index (χ4v) is 3.54. The van der Waals surface area contributed by atoms with Crippen LogP contribution in [0.2, 0.25) is 0 Å². The van der Waals surface area contributed by atoms with Crippen molar-refractivity contribution in [3.05, 3.63) is 95.7 Å². The van der Waals surface area contributed by atoms with E-state index in [-0.39, 0.29) is 11.6 Å². The van der Waals surface area contributed by atoms with Gasteiger partial charge in [0.05, 0.1) is 0 Å². The molecule has 1 unspecified atom stereocenters. The molecule has 0 bridgehead atoms. The topological polar surface area (TPSA) is 89.3 Å². The minimum atomic E-state index is -0.411. The number of nitrogens with zero attached hydrogens (tertiary/aromatic N) is 5. The van der Waals surface area contributed by atoms with Crippen molar-refractivity contribution >= 4 is 5.90 Å². The van der Waals surface area contributed by atoms with Gasteiger partial charge in [0.25, 0.3) is 5.90 Å².